The smallest absolute Gasteiger partial charge is 0.0645 e. The Morgan fingerprint density at radius 1 is 1.00 bits per heavy atom. The first-order valence-corrected chi connectivity index (χ1v) is 7.61. The first-order chi connectivity index (χ1) is 10.3. The average Bonchev–Trinajstić information content (AvgIpc) is 2.55. The van der Waals surface area contributed by atoms with Crippen molar-refractivity contribution in [3.05, 3.63) is 71.3 Å². The highest BCUT2D eigenvalue weighted by Gasteiger charge is 2.30. The van der Waals surface area contributed by atoms with Crippen LogP contribution in [0.1, 0.15) is 47.8 Å². The van der Waals surface area contributed by atoms with E-state index in [0.717, 1.165) is 25.0 Å². The molecule has 0 heterocycles. The van der Waals surface area contributed by atoms with Gasteiger partial charge in [0.25, 0.3) is 0 Å². The Morgan fingerprint density at radius 3 is 2.43 bits per heavy atom. The first kappa shape index (κ1) is 13.9. The van der Waals surface area contributed by atoms with Gasteiger partial charge in [-0.05, 0) is 48.8 Å². The summed E-state index contributed by atoms with van der Waals surface area (Å²) in [5.74, 6) is 0.775. The highest BCUT2D eigenvalue weighted by Crippen LogP contribution is 2.40. The molecular weight excluding hydrogens is 258 g/mol. The van der Waals surface area contributed by atoms with Gasteiger partial charge in [0, 0.05) is 5.92 Å². The molecule has 0 amide bonds. The molecule has 2 atom stereocenters. The van der Waals surface area contributed by atoms with Gasteiger partial charge >= 0.3 is 0 Å². The van der Waals surface area contributed by atoms with Crippen molar-refractivity contribution in [3.63, 3.8) is 0 Å². The lowest BCUT2D eigenvalue weighted by Gasteiger charge is -2.31. The van der Waals surface area contributed by atoms with Crippen LogP contribution >= 0.6 is 0 Å². The third-order valence-electron chi connectivity index (χ3n) is 4.63. The van der Waals surface area contributed by atoms with Gasteiger partial charge in [0.2, 0.25) is 0 Å². The molecule has 0 bridgehead atoms. The van der Waals surface area contributed by atoms with Gasteiger partial charge in [-0.15, -0.1) is 0 Å². The highest BCUT2D eigenvalue weighted by atomic mass is 16.4. The number of rotatable bonds is 2. The molecule has 0 aliphatic heterocycles. The van der Waals surface area contributed by atoms with Crippen molar-refractivity contribution in [2.45, 2.75) is 38.0 Å². The zero-order valence-corrected chi connectivity index (χ0v) is 12.4. The summed E-state index contributed by atoms with van der Waals surface area (Å²) in [6.45, 7) is 2.18. The summed E-state index contributed by atoms with van der Waals surface area (Å²) in [4.78, 5) is 0. The highest BCUT2D eigenvalue weighted by molar-refractivity contribution is 5.91. The molecule has 1 N–H and O–H groups in total. The van der Waals surface area contributed by atoms with E-state index in [0.29, 0.717) is 5.92 Å². The van der Waals surface area contributed by atoms with Crippen molar-refractivity contribution in [2.75, 3.05) is 0 Å². The normalized spacial score (nSPS) is 24.1. The minimum atomic E-state index is 0.231. The summed E-state index contributed by atoms with van der Waals surface area (Å²) in [5, 5.41) is 12.9. The van der Waals surface area contributed by atoms with Gasteiger partial charge in [0.15, 0.2) is 0 Å². The fourth-order valence-corrected chi connectivity index (χ4v) is 3.50. The van der Waals surface area contributed by atoms with Crippen LogP contribution in [0.15, 0.2) is 59.8 Å². The quantitative estimate of drug-likeness (QED) is 0.617. The maximum Gasteiger partial charge on any atom is 0.0645 e. The van der Waals surface area contributed by atoms with Crippen LogP contribution in [0.3, 0.4) is 0 Å². The molecule has 0 radical (unpaired) electrons. The first-order valence-electron chi connectivity index (χ1n) is 7.61. The monoisotopic (exact) mass is 279 g/mol. The lowest BCUT2D eigenvalue weighted by molar-refractivity contribution is 0.311. The predicted octanol–water partition coefficient (Wildman–Crippen LogP) is 4.88. The number of aryl methyl sites for hydroxylation is 1. The minimum absolute atomic E-state index is 0.231. The third kappa shape index (κ3) is 2.85. The molecule has 2 aromatic carbocycles. The second kappa shape index (κ2) is 6.13. The van der Waals surface area contributed by atoms with Crippen LogP contribution in [-0.4, -0.2) is 10.9 Å². The number of hydrogen-bond acceptors (Lipinski definition) is 2. The van der Waals surface area contributed by atoms with E-state index < -0.39 is 0 Å². The SMILES string of the molecule is Cc1ccccc1C1CCC(=NO)C(c2ccccc2)C1. The zero-order valence-electron chi connectivity index (χ0n) is 12.4. The van der Waals surface area contributed by atoms with E-state index in [1.165, 1.54) is 16.7 Å². The molecule has 1 saturated carbocycles. The molecule has 3 rings (SSSR count). The van der Waals surface area contributed by atoms with E-state index in [-0.39, 0.29) is 5.92 Å². The van der Waals surface area contributed by atoms with Gasteiger partial charge in [-0.1, -0.05) is 59.8 Å². The van der Waals surface area contributed by atoms with Crippen LogP contribution in [0.5, 0.6) is 0 Å². The number of benzene rings is 2. The Labute approximate surface area is 126 Å². The van der Waals surface area contributed by atoms with Gasteiger partial charge in [-0.3, -0.25) is 0 Å². The van der Waals surface area contributed by atoms with E-state index in [2.05, 4.69) is 60.6 Å². The van der Waals surface area contributed by atoms with Crippen molar-refractivity contribution in [1.82, 2.24) is 0 Å². The van der Waals surface area contributed by atoms with Gasteiger partial charge in [-0.2, -0.15) is 0 Å². The van der Waals surface area contributed by atoms with Crippen LogP contribution in [0.25, 0.3) is 0 Å². The summed E-state index contributed by atoms with van der Waals surface area (Å²) in [7, 11) is 0. The lowest BCUT2D eigenvalue weighted by Crippen LogP contribution is -2.23. The maximum absolute atomic E-state index is 9.32. The second-order valence-electron chi connectivity index (χ2n) is 5.88. The van der Waals surface area contributed by atoms with Gasteiger partial charge in [0.05, 0.1) is 5.71 Å². The Morgan fingerprint density at radius 2 is 1.71 bits per heavy atom. The van der Waals surface area contributed by atoms with Crippen molar-refractivity contribution in [1.29, 1.82) is 0 Å². The van der Waals surface area contributed by atoms with Gasteiger partial charge in [-0.25, -0.2) is 0 Å². The summed E-state index contributed by atoms with van der Waals surface area (Å²) in [5.41, 5.74) is 4.98. The summed E-state index contributed by atoms with van der Waals surface area (Å²) in [6.07, 6.45) is 2.96. The molecule has 2 unspecified atom stereocenters. The number of hydrogen-bond donors (Lipinski definition) is 1. The second-order valence-corrected chi connectivity index (χ2v) is 5.88. The molecular formula is C19H21NO. The number of oxime groups is 1. The van der Waals surface area contributed by atoms with Crippen LogP contribution in [0.4, 0.5) is 0 Å². The fourth-order valence-electron chi connectivity index (χ4n) is 3.50. The lowest BCUT2D eigenvalue weighted by atomic mass is 9.73. The predicted molar refractivity (Wildman–Crippen MR) is 86.2 cm³/mol. The van der Waals surface area contributed by atoms with E-state index in [9.17, 15) is 5.21 Å². The number of nitrogens with zero attached hydrogens (tertiary/aromatic N) is 1. The van der Waals surface area contributed by atoms with E-state index in [4.69, 9.17) is 0 Å². The van der Waals surface area contributed by atoms with Gasteiger partial charge in [0.1, 0.15) is 0 Å². The fraction of sp³-hybridized carbons (Fsp3) is 0.316. The molecule has 1 aliphatic rings. The molecule has 0 saturated heterocycles. The molecule has 108 valence electrons. The zero-order chi connectivity index (χ0) is 14.7. The summed E-state index contributed by atoms with van der Waals surface area (Å²) >= 11 is 0. The Kier molecular flexibility index (Phi) is 4.05. The Bertz CT molecular complexity index is 633. The van der Waals surface area contributed by atoms with Crippen LogP contribution < -0.4 is 0 Å². The van der Waals surface area contributed by atoms with E-state index >= 15 is 0 Å². The topological polar surface area (TPSA) is 32.6 Å². The van der Waals surface area contributed by atoms with Crippen LogP contribution in [0.2, 0.25) is 0 Å². The molecule has 2 aromatic rings. The van der Waals surface area contributed by atoms with E-state index in [1.54, 1.807) is 0 Å². The molecule has 1 aliphatic carbocycles. The minimum Gasteiger partial charge on any atom is -0.411 e. The van der Waals surface area contributed by atoms with Crippen molar-refractivity contribution in [2.24, 2.45) is 5.16 Å². The average molecular weight is 279 g/mol. The molecule has 2 nitrogen and oxygen atoms in total. The molecule has 2 heteroatoms. The molecule has 0 aromatic heterocycles. The molecule has 0 spiro atoms. The third-order valence-corrected chi connectivity index (χ3v) is 4.63. The molecule has 21 heavy (non-hydrogen) atoms. The largest absolute Gasteiger partial charge is 0.411 e. The Hall–Kier alpha value is -2.09. The van der Waals surface area contributed by atoms with Crippen LogP contribution in [0, 0.1) is 6.92 Å². The standard InChI is InChI=1S/C19H21NO/c1-14-7-5-6-10-17(14)16-11-12-19(20-21)18(13-16)15-8-3-2-4-9-15/h2-10,16,18,21H,11-13H2,1H3. The van der Waals surface area contributed by atoms with Gasteiger partial charge < -0.3 is 5.21 Å². The van der Waals surface area contributed by atoms with Crippen molar-refractivity contribution in [3.8, 4) is 0 Å². The van der Waals surface area contributed by atoms with Crippen molar-refractivity contribution < 1.29 is 5.21 Å². The maximum atomic E-state index is 9.32. The van der Waals surface area contributed by atoms with E-state index in [1.807, 2.05) is 6.07 Å². The summed E-state index contributed by atoms with van der Waals surface area (Å²) in [6, 6.07) is 19.1. The Balaban J connectivity index is 1.90. The van der Waals surface area contributed by atoms with Crippen LogP contribution in [-0.2, 0) is 0 Å². The van der Waals surface area contributed by atoms with Crippen molar-refractivity contribution >= 4 is 5.71 Å². The summed E-state index contributed by atoms with van der Waals surface area (Å²) < 4.78 is 0. The molecule has 1 fully saturated rings.